The predicted molar refractivity (Wildman–Crippen MR) is 107 cm³/mol. The zero-order chi connectivity index (χ0) is 19.4. The first-order chi connectivity index (χ1) is 13.0. The third-order valence-corrected chi connectivity index (χ3v) is 5.19. The number of ether oxygens (including phenoxy) is 2. The zero-order valence-electron chi connectivity index (χ0n) is 16.6. The molecule has 2 aromatic rings. The Morgan fingerprint density at radius 1 is 0.926 bits per heavy atom. The maximum Gasteiger partial charge on any atom is 0.254 e. The fraction of sp³-hybridized carbons (Fsp3) is 0.409. The van der Waals surface area contributed by atoms with Crippen LogP contribution in [0.4, 0.5) is 0 Å². The first-order valence-corrected chi connectivity index (χ1v) is 9.31. The largest absolute Gasteiger partial charge is 0.493 e. The average molecular weight is 368 g/mol. The van der Waals surface area contributed by atoms with E-state index in [9.17, 15) is 4.79 Å². The molecule has 1 aliphatic rings. The minimum absolute atomic E-state index is 0.0438. The lowest BCUT2D eigenvalue weighted by Crippen LogP contribution is -2.48. The average Bonchev–Trinajstić information content (AvgIpc) is 2.70. The van der Waals surface area contributed by atoms with Crippen LogP contribution in [0.2, 0.25) is 0 Å². The molecule has 27 heavy (non-hydrogen) atoms. The minimum atomic E-state index is 0.0438. The van der Waals surface area contributed by atoms with E-state index in [1.165, 1.54) is 16.7 Å². The van der Waals surface area contributed by atoms with Crippen molar-refractivity contribution in [2.45, 2.75) is 20.4 Å². The summed E-state index contributed by atoms with van der Waals surface area (Å²) in [5.74, 6) is 1.26. The van der Waals surface area contributed by atoms with Gasteiger partial charge in [0.15, 0.2) is 11.5 Å². The quantitative estimate of drug-likeness (QED) is 0.812. The highest BCUT2D eigenvalue weighted by molar-refractivity contribution is 5.95. The summed E-state index contributed by atoms with van der Waals surface area (Å²) in [6.45, 7) is 8.45. The number of carbonyl (C=O) groups excluding carboxylic acids is 1. The van der Waals surface area contributed by atoms with E-state index >= 15 is 0 Å². The second kappa shape index (κ2) is 8.44. The molecule has 5 heteroatoms. The van der Waals surface area contributed by atoms with E-state index < -0.39 is 0 Å². The van der Waals surface area contributed by atoms with Crippen LogP contribution < -0.4 is 9.47 Å². The maximum atomic E-state index is 12.8. The van der Waals surface area contributed by atoms with E-state index in [1.54, 1.807) is 32.4 Å². The molecule has 0 atom stereocenters. The predicted octanol–water partition coefficient (Wildman–Crippen LogP) is 3.28. The van der Waals surface area contributed by atoms with Gasteiger partial charge >= 0.3 is 0 Å². The number of rotatable bonds is 5. The summed E-state index contributed by atoms with van der Waals surface area (Å²) in [7, 11) is 3.17. The van der Waals surface area contributed by atoms with Crippen molar-refractivity contribution in [3.8, 4) is 11.5 Å². The third-order valence-electron chi connectivity index (χ3n) is 5.19. The standard InChI is InChI=1S/C22H28N2O3/c1-16-5-6-17(2)19(13-16)15-23-9-11-24(12-10-23)22(25)18-7-8-20(26-3)21(14-18)27-4/h5-8,13-14H,9-12,15H2,1-4H3. The highest BCUT2D eigenvalue weighted by atomic mass is 16.5. The lowest BCUT2D eigenvalue weighted by atomic mass is 10.0. The molecule has 0 saturated carbocycles. The van der Waals surface area contributed by atoms with Gasteiger partial charge < -0.3 is 14.4 Å². The Labute approximate surface area is 161 Å². The van der Waals surface area contributed by atoms with Crippen molar-refractivity contribution in [1.82, 2.24) is 9.80 Å². The van der Waals surface area contributed by atoms with Gasteiger partial charge in [0.05, 0.1) is 14.2 Å². The summed E-state index contributed by atoms with van der Waals surface area (Å²) in [6.07, 6.45) is 0. The van der Waals surface area contributed by atoms with Gasteiger partial charge in [-0.25, -0.2) is 0 Å². The van der Waals surface area contributed by atoms with Crippen LogP contribution in [0.25, 0.3) is 0 Å². The normalized spacial score (nSPS) is 14.9. The molecule has 0 unspecified atom stereocenters. The fourth-order valence-corrected chi connectivity index (χ4v) is 3.47. The van der Waals surface area contributed by atoms with Crippen molar-refractivity contribution >= 4 is 5.91 Å². The second-order valence-corrected chi connectivity index (χ2v) is 7.07. The molecule has 144 valence electrons. The number of amides is 1. The van der Waals surface area contributed by atoms with Crippen LogP contribution in [0.5, 0.6) is 11.5 Å². The Kier molecular flexibility index (Phi) is 6.01. The van der Waals surface area contributed by atoms with Crippen LogP contribution in [0, 0.1) is 13.8 Å². The van der Waals surface area contributed by atoms with E-state index in [1.807, 2.05) is 4.90 Å². The Hall–Kier alpha value is -2.53. The van der Waals surface area contributed by atoms with E-state index in [0.29, 0.717) is 17.1 Å². The van der Waals surface area contributed by atoms with Crippen molar-refractivity contribution in [2.75, 3.05) is 40.4 Å². The SMILES string of the molecule is COc1ccc(C(=O)N2CCN(Cc3cc(C)ccc3C)CC2)cc1OC. The first-order valence-electron chi connectivity index (χ1n) is 9.31. The Morgan fingerprint density at radius 3 is 2.30 bits per heavy atom. The van der Waals surface area contributed by atoms with E-state index in [-0.39, 0.29) is 5.91 Å². The summed E-state index contributed by atoms with van der Waals surface area (Å²) in [6, 6.07) is 11.9. The highest BCUT2D eigenvalue weighted by Gasteiger charge is 2.23. The summed E-state index contributed by atoms with van der Waals surface area (Å²) >= 11 is 0. The molecule has 1 saturated heterocycles. The molecule has 0 bridgehead atoms. The molecule has 0 radical (unpaired) electrons. The third kappa shape index (κ3) is 4.42. The van der Waals surface area contributed by atoms with Gasteiger partial charge in [0, 0.05) is 38.3 Å². The Balaban J connectivity index is 1.62. The molecule has 0 N–H and O–H groups in total. The van der Waals surface area contributed by atoms with E-state index in [0.717, 1.165) is 32.7 Å². The van der Waals surface area contributed by atoms with Crippen molar-refractivity contribution in [2.24, 2.45) is 0 Å². The van der Waals surface area contributed by atoms with Gasteiger partial charge in [-0.15, -0.1) is 0 Å². The smallest absolute Gasteiger partial charge is 0.254 e. The summed E-state index contributed by atoms with van der Waals surface area (Å²) < 4.78 is 10.6. The number of nitrogens with zero attached hydrogens (tertiary/aromatic N) is 2. The number of carbonyl (C=O) groups is 1. The number of hydrogen-bond acceptors (Lipinski definition) is 4. The van der Waals surface area contributed by atoms with Crippen LogP contribution in [0.3, 0.4) is 0 Å². The topological polar surface area (TPSA) is 42.0 Å². The second-order valence-electron chi connectivity index (χ2n) is 7.07. The maximum absolute atomic E-state index is 12.8. The molecule has 1 fully saturated rings. The molecular formula is C22H28N2O3. The van der Waals surface area contributed by atoms with Crippen molar-refractivity contribution in [1.29, 1.82) is 0 Å². The van der Waals surface area contributed by atoms with Gasteiger partial charge in [-0.1, -0.05) is 23.8 Å². The van der Waals surface area contributed by atoms with Gasteiger partial charge in [0.25, 0.3) is 5.91 Å². The molecule has 5 nitrogen and oxygen atoms in total. The Morgan fingerprint density at radius 2 is 1.63 bits per heavy atom. The van der Waals surface area contributed by atoms with E-state index in [2.05, 4.69) is 36.9 Å². The zero-order valence-corrected chi connectivity index (χ0v) is 16.6. The van der Waals surface area contributed by atoms with Crippen LogP contribution >= 0.6 is 0 Å². The molecule has 1 aliphatic heterocycles. The van der Waals surface area contributed by atoms with Crippen LogP contribution in [-0.2, 0) is 6.54 Å². The number of hydrogen-bond donors (Lipinski definition) is 0. The van der Waals surface area contributed by atoms with Crippen molar-refractivity contribution in [3.05, 3.63) is 58.7 Å². The summed E-state index contributed by atoms with van der Waals surface area (Å²) in [5.41, 5.74) is 4.62. The van der Waals surface area contributed by atoms with Gasteiger partial charge in [0.2, 0.25) is 0 Å². The molecule has 0 spiro atoms. The fourth-order valence-electron chi connectivity index (χ4n) is 3.47. The van der Waals surface area contributed by atoms with E-state index in [4.69, 9.17) is 9.47 Å². The van der Waals surface area contributed by atoms with Gasteiger partial charge in [0.1, 0.15) is 0 Å². The first kappa shape index (κ1) is 19.2. The van der Waals surface area contributed by atoms with Crippen LogP contribution in [-0.4, -0.2) is 56.1 Å². The molecule has 1 amide bonds. The molecule has 0 aromatic heterocycles. The van der Waals surface area contributed by atoms with Gasteiger partial charge in [-0.05, 0) is 43.2 Å². The van der Waals surface area contributed by atoms with Gasteiger partial charge in [-0.3, -0.25) is 9.69 Å². The van der Waals surface area contributed by atoms with Crippen molar-refractivity contribution < 1.29 is 14.3 Å². The molecule has 1 heterocycles. The lowest BCUT2D eigenvalue weighted by molar-refractivity contribution is 0.0628. The highest BCUT2D eigenvalue weighted by Crippen LogP contribution is 2.28. The Bertz CT molecular complexity index is 811. The van der Waals surface area contributed by atoms with Crippen LogP contribution in [0.1, 0.15) is 27.0 Å². The number of aryl methyl sites for hydroxylation is 2. The number of methoxy groups -OCH3 is 2. The summed E-state index contributed by atoms with van der Waals surface area (Å²) in [5, 5.41) is 0. The molecular weight excluding hydrogens is 340 g/mol. The molecule has 3 rings (SSSR count). The van der Waals surface area contributed by atoms with Crippen molar-refractivity contribution in [3.63, 3.8) is 0 Å². The van der Waals surface area contributed by atoms with Crippen LogP contribution in [0.15, 0.2) is 36.4 Å². The lowest BCUT2D eigenvalue weighted by Gasteiger charge is -2.35. The monoisotopic (exact) mass is 368 g/mol. The van der Waals surface area contributed by atoms with Gasteiger partial charge in [-0.2, -0.15) is 0 Å². The summed E-state index contributed by atoms with van der Waals surface area (Å²) in [4.78, 5) is 17.2. The minimum Gasteiger partial charge on any atom is -0.493 e. The molecule has 0 aliphatic carbocycles. The number of benzene rings is 2. The number of piperazine rings is 1. The molecule has 2 aromatic carbocycles.